The van der Waals surface area contributed by atoms with E-state index in [9.17, 15) is 4.79 Å². The van der Waals surface area contributed by atoms with E-state index in [1.54, 1.807) is 18.3 Å². The third-order valence-electron chi connectivity index (χ3n) is 2.42. The Morgan fingerprint density at radius 1 is 1.33 bits per heavy atom. The van der Waals surface area contributed by atoms with Crippen LogP contribution in [0.25, 0.3) is 0 Å². The fourth-order valence-corrected chi connectivity index (χ4v) is 2.13. The molecule has 0 saturated carbocycles. The van der Waals surface area contributed by atoms with Gasteiger partial charge in [-0.25, -0.2) is 4.98 Å². The third kappa shape index (κ3) is 3.29. The maximum Gasteiger partial charge on any atom is 0.257 e. The van der Waals surface area contributed by atoms with Gasteiger partial charge >= 0.3 is 0 Å². The van der Waals surface area contributed by atoms with Gasteiger partial charge in [-0.05, 0) is 75.3 Å². The minimum absolute atomic E-state index is 0.158. The van der Waals surface area contributed by atoms with Crippen molar-refractivity contribution in [3.63, 3.8) is 0 Å². The van der Waals surface area contributed by atoms with Crippen LogP contribution in [0.4, 0.5) is 5.69 Å². The van der Waals surface area contributed by atoms with Crippen LogP contribution in [0, 0.1) is 10.5 Å². The number of anilines is 1. The van der Waals surface area contributed by atoms with Gasteiger partial charge in [-0.3, -0.25) is 4.79 Å². The second-order valence-electron chi connectivity index (χ2n) is 3.79. The number of carbonyl (C=O) groups excluding carboxylic acids is 1. The van der Waals surface area contributed by atoms with Gasteiger partial charge in [0.15, 0.2) is 0 Å². The van der Waals surface area contributed by atoms with Crippen molar-refractivity contribution in [3.8, 4) is 0 Å². The van der Waals surface area contributed by atoms with Crippen LogP contribution in [0.2, 0.25) is 0 Å². The van der Waals surface area contributed by atoms with E-state index in [0.717, 1.165) is 9.26 Å². The Hall–Kier alpha value is -0.950. The summed E-state index contributed by atoms with van der Waals surface area (Å²) in [6.07, 6.45) is 1.54. The van der Waals surface area contributed by atoms with Gasteiger partial charge in [0.1, 0.15) is 4.60 Å². The number of hydrogen-bond acceptors (Lipinski definition) is 2. The minimum atomic E-state index is -0.158. The fraction of sp³-hybridized carbons (Fsp3) is 0.0769. The number of pyridine rings is 1. The topological polar surface area (TPSA) is 42.0 Å². The molecule has 0 bridgehead atoms. The van der Waals surface area contributed by atoms with E-state index in [1.807, 2.05) is 25.1 Å². The molecule has 5 heteroatoms. The van der Waals surface area contributed by atoms with Crippen LogP contribution >= 0.6 is 38.5 Å². The van der Waals surface area contributed by atoms with Gasteiger partial charge in [0.2, 0.25) is 0 Å². The van der Waals surface area contributed by atoms with Gasteiger partial charge in [-0.2, -0.15) is 0 Å². The zero-order valence-electron chi connectivity index (χ0n) is 9.58. The normalized spacial score (nSPS) is 10.2. The third-order valence-corrected chi connectivity index (χ3v) is 4.05. The van der Waals surface area contributed by atoms with Crippen molar-refractivity contribution < 1.29 is 4.79 Å². The SMILES string of the molecule is Cc1ccc(NC(=O)c2ccc(Br)nc2)cc1I. The highest BCUT2D eigenvalue weighted by molar-refractivity contribution is 14.1. The molecule has 0 saturated heterocycles. The first-order valence-electron chi connectivity index (χ1n) is 5.25. The molecule has 1 heterocycles. The summed E-state index contributed by atoms with van der Waals surface area (Å²) in [7, 11) is 0. The number of amides is 1. The summed E-state index contributed by atoms with van der Waals surface area (Å²) in [6.45, 7) is 2.03. The number of halogens is 2. The van der Waals surface area contributed by atoms with E-state index in [1.165, 1.54) is 5.56 Å². The highest BCUT2D eigenvalue weighted by atomic mass is 127. The molecule has 0 fully saturated rings. The summed E-state index contributed by atoms with van der Waals surface area (Å²) in [4.78, 5) is 16.0. The predicted octanol–water partition coefficient (Wildman–Crippen LogP) is 4.01. The first-order chi connectivity index (χ1) is 8.56. The highest BCUT2D eigenvalue weighted by Crippen LogP contribution is 2.18. The summed E-state index contributed by atoms with van der Waals surface area (Å²) >= 11 is 5.48. The molecular formula is C13H10BrIN2O. The Bertz CT molecular complexity index is 584. The molecule has 0 radical (unpaired) electrons. The number of benzene rings is 1. The van der Waals surface area contributed by atoms with E-state index in [0.29, 0.717) is 10.2 Å². The van der Waals surface area contributed by atoms with E-state index >= 15 is 0 Å². The number of aromatic nitrogens is 1. The highest BCUT2D eigenvalue weighted by Gasteiger charge is 2.07. The van der Waals surface area contributed by atoms with Gasteiger partial charge in [0, 0.05) is 15.5 Å². The van der Waals surface area contributed by atoms with E-state index in [-0.39, 0.29) is 5.91 Å². The van der Waals surface area contributed by atoms with Crippen molar-refractivity contribution in [2.75, 3.05) is 5.32 Å². The van der Waals surface area contributed by atoms with E-state index in [4.69, 9.17) is 0 Å². The lowest BCUT2D eigenvalue weighted by Crippen LogP contribution is -2.12. The average molecular weight is 417 g/mol. The van der Waals surface area contributed by atoms with E-state index in [2.05, 4.69) is 48.8 Å². The Labute approximate surface area is 127 Å². The Morgan fingerprint density at radius 3 is 2.72 bits per heavy atom. The Balaban J connectivity index is 2.16. The smallest absolute Gasteiger partial charge is 0.257 e. The molecule has 0 spiro atoms. The summed E-state index contributed by atoms with van der Waals surface area (Å²) in [5.41, 5.74) is 2.52. The Morgan fingerprint density at radius 2 is 2.11 bits per heavy atom. The lowest BCUT2D eigenvalue weighted by Gasteiger charge is -2.06. The molecule has 0 aliphatic heterocycles. The molecule has 1 aromatic carbocycles. The predicted molar refractivity (Wildman–Crippen MR) is 83.8 cm³/mol. The van der Waals surface area contributed by atoms with Crippen LogP contribution in [0.5, 0.6) is 0 Å². The van der Waals surface area contributed by atoms with Crippen molar-refractivity contribution in [1.29, 1.82) is 0 Å². The van der Waals surface area contributed by atoms with Crippen molar-refractivity contribution in [2.24, 2.45) is 0 Å². The van der Waals surface area contributed by atoms with Gasteiger partial charge in [0.05, 0.1) is 5.56 Å². The number of rotatable bonds is 2. The second-order valence-corrected chi connectivity index (χ2v) is 5.76. The number of aryl methyl sites for hydroxylation is 1. The molecule has 92 valence electrons. The molecule has 2 aromatic rings. The summed E-state index contributed by atoms with van der Waals surface area (Å²) in [5.74, 6) is -0.158. The van der Waals surface area contributed by atoms with Crippen LogP contribution in [0.3, 0.4) is 0 Å². The van der Waals surface area contributed by atoms with Crippen molar-refractivity contribution in [1.82, 2.24) is 4.98 Å². The molecule has 1 amide bonds. The standard InChI is InChI=1S/C13H10BrIN2O/c1-8-2-4-10(6-11(8)15)17-13(18)9-3-5-12(14)16-7-9/h2-7H,1H3,(H,17,18). The van der Waals surface area contributed by atoms with Crippen molar-refractivity contribution in [3.05, 3.63) is 55.8 Å². The first kappa shape index (κ1) is 13.5. The molecule has 1 aromatic heterocycles. The number of carbonyl (C=O) groups is 1. The zero-order chi connectivity index (χ0) is 13.1. The maximum absolute atomic E-state index is 12.0. The molecule has 0 aliphatic carbocycles. The lowest BCUT2D eigenvalue weighted by atomic mass is 10.2. The van der Waals surface area contributed by atoms with Gasteiger partial charge in [-0.1, -0.05) is 6.07 Å². The number of nitrogens with one attached hydrogen (secondary N) is 1. The summed E-state index contributed by atoms with van der Waals surface area (Å²) in [5, 5.41) is 2.85. The molecule has 0 aliphatic rings. The molecule has 0 unspecified atom stereocenters. The first-order valence-corrected chi connectivity index (χ1v) is 7.12. The minimum Gasteiger partial charge on any atom is -0.322 e. The van der Waals surface area contributed by atoms with Crippen molar-refractivity contribution in [2.45, 2.75) is 6.92 Å². The van der Waals surface area contributed by atoms with Gasteiger partial charge < -0.3 is 5.32 Å². The van der Waals surface area contributed by atoms with E-state index < -0.39 is 0 Å². The molecule has 2 rings (SSSR count). The summed E-state index contributed by atoms with van der Waals surface area (Å²) < 4.78 is 1.84. The quantitative estimate of drug-likeness (QED) is 0.593. The lowest BCUT2D eigenvalue weighted by molar-refractivity contribution is 0.102. The average Bonchev–Trinajstić information content (AvgIpc) is 2.34. The fourth-order valence-electron chi connectivity index (χ4n) is 1.38. The largest absolute Gasteiger partial charge is 0.322 e. The molecule has 18 heavy (non-hydrogen) atoms. The zero-order valence-corrected chi connectivity index (χ0v) is 13.3. The van der Waals surface area contributed by atoms with Crippen LogP contribution in [0.15, 0.2) is 41.1 Å². The molecular weight excluding hydrogens is 407 g/mol. The molecule has 3 nitrogen and oxygen atoms in total. The van der Waals surface area contributed by atoms with Crippen LogP contribution in [-0.2, 0) is 0 Å². The summed E-state index contributed by atoms with van der Waals surface area (Å²) in [6, 6.07) is 9.29. The van der Waals surface area contributed by atoms with Gasteiger partial charge in [0.25, 0.3) is 5.91 Å². The molecule has 0 atom stereocenters. The van der Waals surface area contributed by atoms with Crippen LogP contribution in [0.1, 0.15) is 15.9 Å². The number of nitrogens with zero attached hydrogens (tertiary/aromatic N) is 1. The second kappa shape index (κ2) is 5.79. The van der Waals surface area contributed by atoms with Gasteiger partial charge in [-0.15, -0.1) is 0 Å². The molecule has 1 N–H and O–H groups in total. The van der Waals surface area contributed by atoms with Crippen LogP contribution < -0.4 is 5.32 Å². The number of hydrogen-bond donors (Lipinski definition) is 1. The van der Waals surface area contributed by atoms with Crippen LogP contribution in [-0.4, -0.2) is 10.9 Å². The monoisotopic (exact) mass is 416 g/mol. The Kier molecular flexibility index (Phi) is 4.34. The van der Waals surface area contributed by atoms with Crippen molar-refractivity contribution >= 4 is 50.1 Å². The maximum atomic E-state index is 12.0.